The molecule has 0 saturated carbocycles. The molecule has 0 bridgehead atoms. The summed E-state index contributed by atoms with van der Waals surface area (Å²) in [4.78, 5) is 24.5. The van der Waals surface area contributed by atoms with Crippen molar-refractivity contribution in [2.24, 2.45) is 0 Å². The van der Waals surface area contributed by atoms with Crippen LogP contribution >= 0.6 is 0 Å². The molecule has 10 heteroatoms. The zero-order valence-electron chi connectivity index (χ0n) is 12.8. The Hall–Kier alpha value is -2.23. The molecule has 1 aromatic heterocycles. The van der Waals surface area contributed by atoms with Gasteiger partial charge < -0.3 is 14.9 Å². The number of amides is 1. The number of alkyl halides is 2. The summed E-state index contributed by atoms with van der Waals surface area (Å²) in [6, 6.07) is 0. The fourth-order valence-electron chi connectivity index (χ4n) is 2.21. The molecule has 0 aromatic carbocycles. The molecule has 1 aliphatic heterocycles. The van der Waals surface area contributed by atoms with E-state index in [4.69, 9.17) is 9.84 Å². The van der Waals surface area contributed by atoms with Gasteiger partial charge in [0, 0.05) is 0 Å². The number of carbonyl (C=O) groups excluding carboxylic acids is 1. The van der Waals surface area contributed by atoms with Gasteiger partial charge in [0.15, 0.2) is 11.5 Å². The summed E-state index contributed by atoms with van der Waals surface area (Å²) >= 11 is 0. The van der Waals surface area contributed by atoms with E-state index in [1.807, 2.05) is 0 Å². The summed E-state index contributed by atoms with van der Waals surface area (Å²) in [6.07, 6.45) is -0.850. The maximum atomic E-state index is 13.7. The predicted molar refractivity (Wildman–Crippen MR) is 73.7 cm³/mol. The Morgan fingerprint density at radius 2 is 1.91 bits per heavy atom. The molecule has 0 radical (unpaired) electrons. The lowest BCUT2D eigenvalue weighted by molar-refractivity contribution is -0.0603. The van der Waals surface area contributed by atoms with E-state index in [9.17, 15) is 23.5 Å². The van der Waals surface area contributed by atoms with Crippen LogP contribution in [0.25, 0.3) is 0 Å². The quantitative estimate of drug-likeness (QED) is 0.867. The van der Waals surface area contributed by atoms with Gasteiger partial charge in [-0.1, -0.05) is 0 Å². The van der Waals surface area contributed by atoms with Gasteiger partial charge in [-0.15, -0.1) is 0 Å². The van der Waals surface area contributed by atoms with Crippen LogP contribution in [0.1, 0.15) is 36.8 Å². The smallest absolute Gasteiger partial charge is 0.416 e. The number of carboxylic acid groups (broad SMARTS) is 1. The average Bonchev–Trinajstić information content (AvgIpc) is 2.94. The number of carbonyl (C=O) groups is 2. The molecule has 1 aromatic rings. The fraction of sp³-hybridized carbons (Fsp3) is 0.615. The van der Waals surface area contributed by atoms with Gasteiger partial charge in [-0.2, -0.15) is 13.9 Å². The maximum Gasteiger partial charge on any atom is 0.416 e. The van der Waals surface area contributed by atoms with E-state index >= 15 is 0 Å². The zero-order chi connectivity index (χ0) is 17.6. The second-order valence-corrected chi connectivity index (χ2v) is 6.07. The number of nitrogens with zero attached hydrogens (tertiary/aromatic N) is 3. The van der Waals surface area contributed by atoms with Gasteiger partial charge in [-0.05, 0) is 20.8 Å². The first-order valence-corrected chi connectivity index (χ1v) is 6.81. The average molecular weight is 333 g/mol. The van der Waals surface area contributed by atoms with Crippen LogP contribution < -0.4 is 4.90 Å². The normalized spacial score (nSPS) is 14.8. The molecular weight excluding hydrogens is 316 g/mol. The topological polar surface area (TPSA) is 105 Å². The predicted octanol–water partition coefficient (Wildman–Crippen LogP) is 1.42. The summed E-state index contributed by atoms with van der Waals surface area (Å²) in [6.45, 7) is 3.40. The van der Waals surface area contributed by atoms with E-state index in [0.29, 0.717) is 0 Å². The number of aliphatic hydroxyl groups is 1. The summed E-state index contributed by atoms with van der Waals surface area (Å²) < 4.78 is 33.6. The van der Waals surface area contributed by atoms with Crippen molar-refractivity contribution >= 4 is 17.9 Å². The molecule has 128 valence electrons. The highest BCUT2D eigenvalue weighted by Gasteiger charge is 2.45. The lowest BCUT2D eigenvalue weighted by Crippen LogP contribution is -2.36. The molecule has 0 fully saturated rings. The third kappa shape index (κ3) is 3.11. The molecule has 0 saturated heterocycles. The van der Waals surface area contributed by atoms with Gasteiger partial charge in [0.2, 0.25) is 0 Å². The lowest BCUT2D eigenvalue weighted by Gasteiger charge is -2.24. The Balaban J connectivity index is 2.50. The first-order chi connectivity index (χ1) is 10.5. The largest absolute Gasteiger partial charge is 0.477 e. The maximum absolute atomic E-state index is 13.7. The second kappa shape index (κ2) is 5.44. The second-order valence-electron chi connectivity index (χ2n) is 6.07. The molecule has 2 rings (SSSR count). The van der Waals surface area contributed by atoms with Crippen molar-refractivity contribution in [1.29, 1.82) is 0 Å². The number of aromatic carboxylic acids is 1. The van der Waals surface area contributed by atoms with Crippen LogP contribution in [0.2, 0.25) is 0 Å². The summed E-state index contributed by atoms with van der Waals surface area (Å²) in [5, 5.41) is 21.6. The summed E-state index contributed by atoms with van der Waals surface area (Å²) in [5.41, 5.74) is -2.71. The van der Waals surface area contributed by atoms with Crippen molar-refractivity contribution in [2.75, 3.05) is 18.1 Å². The van der Waals surface area contributed by atoms with Crippen molar-refractivity contribution in [3.8, 4) is 0 Å². The summed E-state index contributed by atoms with van der Waals surface area (Å²) in [5.74, 6) is -5.76. The van der Waals surface area contributed by atoms with E-state index in [1.165, 1.54) is 0 Å². The molecule has 1 aliphatic rings. The first-order valence-electron chi connectivity index (χ1n) is 6.81. The van der Waals surface area contributed by atoms with Gasteiger partial charge in [0.05, 0.1) is 13.1 Å². The van der Waals surface area contributed by atoms with Crippen LogP contribution in [-0.4, -0.2) is 50.8 Å². The van der Waals surface area contributed by atoms with Crippen LogP contribution in [-0.2, 0) is 17.2 Å². The SMILES string of the molecule is CC(C)(C)OC(=O)N1CCn2nc(C(F)(F)CO)c(C(=O)O)c21. The van der Waals surface area contributed by atoms with Gasteiger partial charge in [0.1, 0.15) is 17.8 Å². The van der Waals surface area contributed by atoms with Crippen molar-refractivity contribution < 1.29 is 33.3 Å². The standard InChI is InChI=1S/C13H17F2N3O5/c1-12(2,3)23-11(22)17-4-5-18-9(17)7(10(20)21)8(16-18)13(14,15)6-19/h19H,4-6H2,1-3H3,(H,20,21). The number of aromatic nitrogens is 2. The van der Waals surface area contributed by atoms with E-state index in [2.05, 4.69) is 5.10 Å². The highest BCUT2D eigenvalue weighted by molar-refractivity contribution is 6.00. The third-order valence-electron chi connectivity index (χ3n) is 3.09. The van der Waals surface area contributed by atoms with Crippen LogP contribution in [0.5, 0.6) is 0 Å². The van der Waals surface area contributed by atoms with Gasteiger partial charge in [0.25, 0.3) is 0 Å². The molecule has 23 heavy (non-hydrogen) atoms. The van der Waals surface area contributed by atoms with Crippen molar-refractivity contribution in [1.82, 2.24) is 9.78 Å². The highest BCUT2D eigenvalue weighted by Crippen LogP contribution is 2.37. The number of fused-ring (bicyclic) bond motifs is 1. The Bertz CT molecular complexity index is 651. The minimum absolute atomic E-state index is 0.0519. The number of aliphatic hydroxyl groups excluding tert-OH is 1. The van der Waals surface area contributed by atoms with E-state index in [-0.39, 0.29) is 18.9 Å². The molecule has 0 aliphatic carbocycles. The number of anilines is 1. The van der Waals surface area contributed by atoms with E-state index < -0.39 is 41.5 Å². The van der Waals surface area contributed by atoms with E-state index in [0.717, 1.165) is 9.58 Å². The van der Waals surface area contributed by atoms with E-state index in [1.54, 1.807) is 20.8 Å². The Labute approximate surface area is 130 Å². The molecular formula is C13H17F2N3O5. The number of hydrogen-bond acceptors (Lipinski definition) is 5. The van der Waals surface area contributed by atoms with Crippen LogP contribution in [0.4, 0.5) is 19.4 Å². The lowest BCUT2D eigenvalue weighted by atomic mass is 10.1. The Kier molecular flexibility index (Phi) is 4.05. The molecule has 0 unspecified atom stereocenters. The zero-order valence-corrected chi connectivity index (χ0v) is 12.8. The van der Waals surface area contributed by atoms with Crippen LogP contribution in [0, 0.1) is 0 Å². The molecule has 8 nitrogen and oxygen atoms in total. The molecule has 0 atom stereocenters. The van der Waals surface area contributed by atoms with Crippen molar-refractivity contribution in [2.45, 2.75) is 38.8 Å². The third-order valence-corrected chi connectivity index (χ3v) is 3.09. The number of ether oxygens (including phenoxy) is 1. The number of rotatable bonds is 3. The van der Waals surface area contributed by atoms with Crippen LogP contribution in [0.15, 0.2) is 0 Å². The fourth-order valence-corrected chi connectivity index (χ4v) is 2.21. The first kappa shape index (κ1) is 17.1. The van der Waals surface area contributed by atoms with Crippen molar-refractivity contribution in [3.05, 3.63) is 11.3 Å². The molecule has 0 spiro atoms. The minimum atomic E-state index is -3.83. The molecule has 1 amide bonds. The summed E-state index contributed by atoms with van der Waals surface area (Å²) in [7, 11) is 0. The molecule has 2 N–H and O–H groups in total. The van der Waals surface area contributed by atoms with Gasteiger partial charge >= 0.3 is 18.0 Å². The Morgan fingerprint density at radius 3 is 2.39 bits per heavy atom. The van der Waals surface area contributed by atoms with Gasteiger partial charge in [-0.25, -0.2) is 14.3 Å². The number of carboxylic acids is 1. The Morgan fingerprint density at radius 1 is 1.30 bits per heavy atom. The highest BCUT2D eigenvalue weighted by atomic mass is 19.3. The number of hydrogen-bond donors (Lipinski definition) is 2. The monoisotopic (exact) mass is 333 g/mol. The molecule has 2 heterocycles. The number of halogens is 2. The minimum Gasteiger partial charge on any atom is -0.477 e. The van der Waals surface area contributed by atoms with Crippen molar-refractivity contribution in [3.63, 3.8) is 0 Å². The van der Waals surface area contributed by atoms with Crippen LogP contribution in [0.3, 0.4) is 0 Å². The van der Waals surface area contributed by atoms with Gasteiger partial charge in [-0.3, -0.25) is 4.90 Å².